The van der Waals surface area contributed by atoms with Gasteiger partial charge in [-0.1, -0.05) is 28.1 Å². The fraction of sp³-hybridized carbons (Fsp3) is 0.133. The Bertz CT molecular complexity index is 626. The molecule has 0 aliphatic heterocycles. The molecule has 0 saturated heterocycles. The van der Waals surface area contributed by atoms with Crippen molar-refractivity contribution < 1.29 is 14.3 Å². The van der Waals surface area contributed by atoms with E-state index in [2.05, 4.69) is 21.2 Å². The van der Waals surface area contributed by atoms with Crippen LogP contribution in [0.5, 0.6) is 0 Å². The highest BCUT2D eigenvalue weighted by Crippen LogP contribution is 2.16. The molecule has 4 nitrogen and oxygen atoms in total. The normalized spacial score (nSPS) is 12.0. The van der Waals surface area contributed by atoms with Gasteiger partial charge < -0.3 is 16.2 Å². The van der Waals surface area contributed by atoms with Crippen LogP contribution >= 0.6 is 15.9 Å². The molecule has 0 fully saturated rings. The van der Waals surface area contributed by atoms with Crippen LogP contribution in [-0.2, 0) is 0 Å². The first kappa shape index (κ1) is 15.5. The number of nitrogens with one attached hydrogen (secondary N) is 1. The van der Waals surface area contributed by atoms with Gasteiger partial charge in [0.1, 0.15) is 5.82 Å². The summed E-state index contributed by atoms with van der Waals surface area (Å²) in [7, 11) is 0. The van der Waals surface area contributed by atoms with Crippen molar-refractivity contribution in [3.05, 3.63) is 63.9 Å². The Morgan fingerprint density at radius 3 is 2.57 bits per heavy atom. The molecule has 0 bridgehead atoms. The average molecular weight is 353 g/mol. The Morgan fingerprint density at radius 1 is 1.29 bits per heavy atom. The number of aliphatic hydroxyl groups excluding tert-OH is 1. The highest BCUT2D eigenvalue weighted by Gasteiger charge is 2.12. The summed E-state index contributed by atoms with van der Waals surface area (Å²) in [6, 6.07) is 10.6. The van der Waals surface area contributed by atoms with E-state index in [-0.39, 0.29) is 12.1 Å². The van der Waals surface area contributed by atoms with Crippen LogP contribution in [0.2, 0.25) is 0 Å². The van der Waals surface area contributed by atoms with Crippen molar-refractivity contribution in [3.63, 3.8) is 0 Å². The molecule has 1 atom stereocenters. The molecule has 2 aromatic rings. The summed E-state index contributed by atoms with van der Waals surface area (Å²) in [5, 5.41) is 12.5. The van der Waals surface area contributed by atoms with Crippen molar-refractivity contribution in [2.75, 3.05) is 12.3 Å². The van der Waals surface area contributed by atoms with Gasteiger partial charge in [-0.3, -0.25) is 4.79 Å². The van der Waals surface area contributed by atoms with E-state index in [9.17, 15) is 14.3 Å². The molecule has 110 valence electrons. The van der Waals surface area contributed by atoms with Crippen LogP contribution < -0.4 is 11.1 Å². The van der Waals surface area contributed by atoms with Gasteiger partial charge in [0, 0.05) is 22.3 Å². The lowest BCUT2D eigenvalue weighted by Crippen LogP contribution is -2.28. The number of hydrogen-bond acceptors (Lipinski definition) is 3. The van der Waals surface area contributed by atoms with Crippen molar-refractivity contribution in [2.24, 2.45) is 0 Å². The average Bonchev–Trinajstić information content (AvgIpc) is 2.44. The third-order valence-electron chi connectivity index (χ3n) is 2.90. The number of nitrogens with two attached hydrogens (primary N) is 1. The maximum atomic E-state index is 13.2. The number of aliphatic hydroxyl groups is 1. The van der Waals surface area contributed by atoms with Crippen molar-refractivity contribution in [2.45, 2.75) is 6.10 Å². The van der Waals surface area contributed by atoms with Gasteiger partial charge in [-0.15, -0.1) is 0 Å². The predicted octanol–water partition coefficient (Wildman–Crippen LogP) is 2.63. The molecule has 0 aliphatic carbocycles. The smallest absolute Gasteiger partial charge is 0.251 e. The lowest BCUT2D eigenvalue weighted by atomic mass is 10.1. The first-order chi connectivity index (χ1) is 9.95. The van der Waals surface area contributed by atoms with Crippen LogP contribution in [-0.4, -0.2) is 17.6 Å². The van der Waals surface area contributed by atoms with E-state index in [1.54, 1.807) is 24.3 Å². The lowest BCUT2D eigenvalue weighted by Gasteiger charge is -2.12. The van der Waals surface area contributed by atoms with E-state index in [1.807, 2.05) is 0 Å². The maximum absolute atomic E-state index is 13.2. The van der Waals surface area contributed by atoms with E-state index in [0.717, 1.165) is 6.07 Å². The van der Waals surface area contributed by atoms with Gasteiger partial charge in [-0.25, -0.2) is 4.39 Å². The van der Waals surface area contributed by atoms with Crippen LogP contribution in [0.4, 0.5) is 10.1 Å². The SMILES string of the molecule is Nc1ccc(C(O)CNC(=O)c2cc(F)cc(Br)c2)cc1. The summed E-state index contributed by atoms with van der Waals surface area (Å²) in [4.78, 5) is 11.9. The molecule has 0 radical (unpaired) electrons. The van der Waals surface area contributed by atoms with Crippen LogP contribution in [0.15, 0.2) is 46.9 Å². The second-order valence-electron chi connectivity index (χ2n) is 4.55. The Morgan fingerprint density at radius 2 is 1.95 bits per heavy atom. The zero-order valence-electron chi connectivity index (χ0n) is 11.0. The molecular weight excluding hydrogens is 339 g/mol. The molecule has 21 heavy (non-hydrogen) atoms. The first-order valence-corrected chi connectivity index (χ1v) is 7.03. The summed E-state index contributed by atoms with van der Waals surface area (Å²) in [5.74, 6) is -0.960. The van der Waals surface area contributed by atoms with Gasteiger partial charge in [-0.05, 0) is 35.9 Å². The molecule has 2 aromatic carbocycles. The minimum absolute atomic E-state index is 0.0247. The number of rotatable bonds is 4. The number of anilines is 1. The van der Waals surface area contributed by atoms with Crippen LogP contribution in [0.1, 0.15) is 22.0 Å². The number of carbonyl (C=O) groups excluding carboxylic acids is 1. The molecule has 4 N–H and O–H groups in total. The third-order valence-corrected chi connectivity index (χ3v) is 3.36. The van der Waals surface area contributed by atoms with E-state index >= 15 is 0 Å². The monoisotopic (exact) mass is 352 g/mol. The molecule has 0 aromatic heterocycles. The number of amides is 1. The number of halogens is 2. The molecular formula is C15H14BrFN2O2. The molecule has 1 unspecified atom stereocenters. The Kier molecular flexibility index (Phi) is 4.93. The van der Waals surface area contributed by atoms with Crippen molar-refractivity contribution in [1.29, 1.82) is 0 Å². The summed E-state index contributed by atoms with van der Waals surface area (Å²) in [6.07, 6.45) is -0.855. The molecule has 0 aliphatic rings. The Balaban J connectivity index is 1.98. The van der Waals surface area contributed by atoms with Gasteiger partial charge in [-0.2, -0.15) is 0 Å². The van der Waals surface area contributed by atoms with Crippen molar-refractivity contribution in [1.82, 2.24) is 5.32 Å². The van der Waals surface area contributed by atoms with Crippen LogP contribution in [0.25, 0.3) is 0 Å². The number of nitrogen functional groups attached to an aromatic ring is 1. The zero-order valence-corrected chi connectivity index (χ0v) is 12.6. The van der Waals surface area contributed by atoms with E-state index in [4.69, 9.17) is 5.73 Å². The highest BCUT2D eigenvalue weighted by atomic mass is 79.9. The Labute approximate surface area is 129 Å². The van der Waals surface area contributed by atoms with Gasteiger partial charge in [0.15, 0.2) is 0 Å². The highest BCUT2D eigenvalue weighted by molar-refractivity contribution is 9.10. The molecule has 6 heteroatoms. The molecule has 2 rings (SSSR count). The second-order valence-corrected chi connectivity index (χ2v) is 5.47. The number of carbonyl (C=O) groups is 1. The van der Waals surface area contributed by atoms with E-state index < -0.39 is 17.8 Å². The molecule has 0 saturated carbocycles. The summed E-state index contributed by atoms with van der Waals surface area (Å²) < 4.78 is 13.7. The van der Waals surface area contributed by atoms with Crippen LogP contribution in [0, 0.1) is 5.82 Å². The van der Waals surface area contributed by atoms with Gasteiger partial charge in [0.05, 0.1) is 6.10 Å². The van der Waals surface area contributed by atoms with Gasteiger partial charge in [0.25, 0.3) is 5.91 Å². The molecule has 1 amide bonds. The quantitative estimate of drug-likeness (QED) is 0.740. The molecule has 0 spiro atoms. The zero-order chi connectivity index (χ0) is 15.4. The predicted molar refractivity (Wildman–Crippen MR) is 82.2 cm³/mol. The van der Waals surface area contributed by atoms with E-state index in [0.29, 0.717) is 15.7 Å². The Hall–Kier alpha value is -1.92. The van der Waals surface area contributed by atoms with Crippen molar-refractivity contribution in [3.8, 4) is 0 Å². The second kappa shape index (κ2) is 6.69. The van der Waals surface area contributed by atoms with Gasteiger partial charge in [0.2, 0.25) is 0 Å². The largest absolute Gasteiger partial charge is 0.399 e. The first-order valence-electron chi connectivity index (χ1n) is 6.23. The third kappa shape index (κ3) is 4.27. The standard InChI is InChI=1S/C15H14BrFN2O2/c16-11-5-10(6-12(17)7-11)15(21)19-8-14(20)9-1-3-13(18)4-2-9/h1-7,14,20H,8,18H2,(H,19,21). The minimum Gasteiger partial charge on any atom is -0.399 e. The fourth-order valence-corrected chi connectivity index (χ4v) is 2.28. The van der Waals surface area contributed by atoms with Crippen molar-refractivity contribution >= 4 is 27.5 Å². The fourth-order valence-electron chi connectivity index (χ4n) is 1.81. The summed E-state index contributed by atoms with van der Waals surface area (Å²) >= 11 is 3.12. The number of hydrogen-bond donors (Lipinski definition) is 3. The summed E-state index contributed by atoms with van der Waals surface area (Å²) in [5.41, 5.74) is 6.99. The molecule has 0 heterocycles. The maximum Gasteiger partial charge on any atom is 0.251 e. The number of benzene rings is 2. The van der Waals surface area contributed by atoms with Gasteiger partial charge >= 0.3 is 0 Å². The topological polar surface area (TPSA) is 75.3 Å². The summed E-state index contributed by atoms with van der Waals surface area (Å²) in [6.45, 7) is 0.0247. The lowest BCUT2D eigenvalue weighted by molar-refractivity contribution is 0.0916. The van der Waals surface area contributed by atoms with Crippen LogP contribution in [0.3, 0.4) is 0 Å². The minimum atomic E-state index is -0.855. The van der Waals surface area contributed by atoms with E-state index in [1.165, 1.54) is 12.1 Å².